The van der Waals surface area contributed by atoms with Gasteiger partial charge in [-0.1, -0.05) is 19.9 Å². The molecule has 130 valence electrons. The van der Waals surface area contributed by atoms with E-state index in [9.17, 15) is 4.79 Å². The number of ether oxygens (including phenoxy) is 2. The van der Waals surface area contributed by atoms with Crippen LogP contribution in [-0.2, 0) is 4.74 Å². The second-order valence-electron chi connectivity index (χ2n) is 5.83. The van der Waals surface area contributed by atoms with Crippen molar-refractivity contribution in [1.82, 2.24) is 10.3 Å². The standard InChI is InChI=1S/C18H24N2O3S/c1-12(2)18-20-16(11-24-18)13(3)19-17(21)14-6-5-7-15(10-14)23-9-8-22-4/h5-7,10-13H,8-9H2,1-4H3,(H,19,21)/t13-/m1/s1. The minimum absolute atomic E-state index is 0.140. The zero-order valence-corrected chi connectivity index (χ0v) is 15.4. The van der Waals surface area contributed by atoms with Crippen LogP contribution in [0.15, 0.2) is 29.6 Å². The Morgan fingerprint density at radius 1 is 1.29 bits per heavy atom. The topological polar surface area (TPSA) is 60.5 Å². The number of carbonyl (C=O) groups excluding carboxylic acids is 1. The maximum atomic E-state index is 12.4. The van der Waals surface area contributed by atoms with Crippen LogP contribution in [0.1, 0.15) is 53.8 Å². The highest BCUT2D eigenvalue weighted by Crippen LogP contribution is 2.23. The van der Waals surface area contributed by atoms with Gasteiger partial charge in [-0.05, 0) is 25.1 Å². The molecular formula is C18H24N2O3S. The fourth-order valence-corrected chi connectivity index (χ4v) is 3.02. The van der Waals surface area contributed by atoms with Gasteiger partial charge in [0.25, 0.3) is 5.91 Å². The quantitative estimate of drug-likeness (QED) is 0.738. The number of hydrogen-bond acceptors (Lipinski definition) is 5. The Morgan fingerprint density at radius 3 is 2.75 bits per heavy atom. The van der Waals surface area contributed by atoms with Crippen LogP contribution in [-0.4, -0.2) is 31.2 Å². The van der Waals surface area contributed by atoms with E-state index in [1.807, 2.05) is 18.4 Å². The third-order valence-corrected chi connectivity index (χ3v) is 4.64. The zero-order chi connectivity index (χ0) is 17.5. The van der Waals surface area contributed by atoms with Crippen molar-refractivity contribution in [2.75, 3.05) is 20.3 Å². The van der Waals surface area contributed by atoms with Crippen LogP contribution in [0.2, 0.25) is 0 Å². The van der Waals surface area contributed by atoms with E-state index in [0.717, 1.165) is 10.7 Å². The number of aromatic nitrogens is 1. The number of nitrogens with zero attached hydrogens (tertiary/aromatic N) is 1. The number of nitrogens with one attached hydrogen (secondary N) is 1. The summed E-state index contributed by atoms with van der Waals surface area (Å²) >= 11 is 1.63. The van der Waals surface area contributed by atoms with Gasteiger partial charge in [0.1, 0.15) is 12.4 Å². The second-order valence-corrected chi connectivity index (χ2v) is 6.72. The van der Waals surface area contributed by atoms with Gasteiger partial charge in [-0.25, -0.2) is 4.98 Å². The summed E-state index contributed by atoms with van der Waals surface area (Å²) in [6.07, 6.45) is 0. The molecule has 1 aromatic heterocycles. The molecule has 0 spiro atoms. The molecule has 0 fully saturated rings. The molecule has 1 atom stereocenters. The van der Waals surface area contributed by atoms with Crippen LogP contribution in [0.25, 0.3) is 0 Å². The Labute approximate surface area is 147 Å². The van der Waals surface area contributed by atoms with Crippen molar-refractivity contribution >= 4 is 17.2 Å². The number of methoxy groups -OCH3 is 1. The average Bonchev–Trinajstić information content (AvgIpc) is 3.06. The van der Waals surface area contributed by atoms with Gasteiger partial charge in [-0.2, -0.15) is 0 Å². The van der Waals surface area contributed by atoms with Crippen molar-refractivity contribution < 1.29 is 14.3 Å². The van der Waals surface area contributed by atoms with Crippen molar-refractivity contribution in [3.8, 4) is 5.75 Å². The lowest BCUT2D eigenvalue weighted by Crippen LogP contribution is -2.26. The van der Waals surface area contributed by atoms with Crippen LogP contribution in [0, 0.1) is 0 Å². The van der Waals surface area contributed by atoms with Gasteiger partial charge in [-0.3, -0.25) is 4.79 Å². The molecule has 1 N–H and O–H groups in total. The summed E-state index contributed by atoms with van der Waals surface area (Å²) in [7, 11) is 1.62. The summed E-state index contributed by atoms with van der Waals surface area (Å²) < 4.78 is 10.5. The van der Waals surface area contributed by atoms with E-state index in [0.29, 0.717) is 30.4 Å². The van der Waals surface area contributed by atoms with E-state index in [1.54, 1.807) is 36.6 Å². The van der Waals surface area contributed by atoms with Crippen molar-refractivity contribution in [3.05, 3.63) is 45.9 Å². The Kier molecular flexibility index (Phi) is 6.75. The summed E-state index contributed by atoms with van der Waals surface area (Å²) in [5.74, 6) is 0.912. The van der Waals surface area contributed by atoms with E-state index in [4.69, 9.17) is 9.47 Å². The highest BCUT2D eigenvalue weighted by molar-refractivity contribution is 7.09. The molecular weight excluding hydrogens is 324 g/mol. The molecule has 0 radical (unpaired) electrons. The average molecular weight is 348 g/mol. The van der Waals surface area contributed by atoms with Crippen LogP contribution in [0.4, 0.5) is 0 Å². The van der Waals surface area contributed by atoms with Crippen molar-refractivity contribution in [1.29, 1.82) is 0 Å². The Hall–Kier alpha value is -1.92. The first-order valence-corrected chi connectivity index (χ1v) is 8.87. The van der Waals surface area contributed by atoms with Gasteiger partial charge in [0, 0.05) is 24.0 Å². The predicted octanol–water partition coefficient (Wildman–Crippen LogP) is 3.78. The molecule has 1 amide bonds. The lowest BCUT2D eigenvalue weighted by Gasteiger charge is -2.13. The highest BCUT2D eigenvalue weighted by Gasteiger charge is 2.15. The summed E-state index contributed by atoms with van der Waals surface area (Å²) in [5, 5.41) is 6.07. The maximum Gasteiger partial charge on any atom is 0.251 e. The summed E-state index contributed by atoms with van der Waals surface area (Å²) in [6.45, 7) is 7.13. The molecule has 0 bridgehead atoms. The lowest BCUT2D eigenvalue weighted by molar-refractivity contribution is 0.0938. The Morgan fingerprint density at radius 2 is 2.08 bits per heavy atom. The van der Waals surface area contributed by atoms with Gasteiger partial charge >= 0.3 is 0 Å². The first kappa shape index (κ1) is 18.4. The summed E-state index contributed by atoms with van der Waals surface area (Å²) in [5.41, 5.74) is 1.46. The number of benzene rings is 1. The summed E-state index contributed by atoms with van der Waals surface area (Å²) in [4.78, 5) is 17.0. The molecule has 0 unspecified atom stereocenters. The van der Waals surface area contributed by atoms with Crippen LogP contribution in [0.5, 0.6) is 5.75 Å². The van der Waals surface area contributed by atoms with Gasteiger partial charge in [-0.15, -0.1) is 11.3 Å². The number of thiazole rings is 1. The van der Waals surface area contributed by atoms with Crippen molar-refractivity contribution in [2.45, 2.75) is 32.7 Å². The SMILES string of the molecule is COCCOc1cccc(C(=O)N[C@H](C)c2csc(C(C)C)n2)c1. The number of carbonyl (C=O) groups is 1. The van der Waals surface area contributed by atoms with E-state index in [-0.39, 0.29) is 11.9 Å². The lowest BCUT2D eigenvalue weighted by atomic mass is 10.1. The Bertz CT molecular complexity index is 670. The monoisotopic (exact) mass is 348 g/mol. The van der Waals surface area contributed by atoms with Gasteiger partial charge in [0.05, 0.1) is 23.4 Å². The molecule has 6 heteroatoms. The number of amides is 1. The molecule has 5 nitrogen and oxygen atoms in total. The normalized spacial score (nSPS) is 12.2. The van der Waals surface area contributed by atoms with E-state index in [2.05, 4.69) is 24.1 Å². The predicted molar refractivity (Wildman–Crippen MR) is 95.9 cm³/mol. The Balaban J connectivity index is 1.99. The van der Waals surface area contributed by atoms with E-state index < -0.39 is 0 Å². The molecule has 0 aliphatic heterocycles. The molecule has 0 aliphatic carbocycles. The third-order valence-electron chi connectivity index (χ3n) is 3.48. The first-order valence-electron chi connectivity index (χ1n) is 7.99. The number of rotatable bonds is 8. The molecule has 0 saturated heterocycles. The van der Waals surface area contributed by atoms with E-state index >= 15 is 0 Å². The van der Waals surface area contributed by atoms with Crippen LogP contribution >= 0.6 is 11.3 Å². The minimum atomic E-state index is -0.140. The van der Waals surface area contributed by atoms with E-state index in [1.165, 1.54) is 0 Å². The minimum Gasteiger partial charge on any atom is -0.491 e. The fraction of sp³-hybridized carbons (Fsp3) is 0.444. The maximum absolute atomic E-state index is 12.4. The molecule has 24 heavy (non-hydrogen) atoms. The molecule has 2 aromatic rings. The smallest absolute Gasteiger partial charge is 0.251 e. The molecule has 1 aromatic carbocycles. The largest absolute Gasteiger partial charge is 0.491 e. The zero-order valence-electron chi connectivity index (χ0n) is 14.5. The molecule has 0 aliphatic rings. The van der Waals surface area contributed by atoms with Gasteiger partial charge in [0.2, 0.25) is 0 Å². The number of hydrogen-bond donors (Lipinski definition) is 1. The van der Waals surface area contributed by atoms with Crippen LogP contribution < -0.4 is 10.1 Å². The van der Waals surface area contributed by atoms with Crippen LogP contribution in [0.3, 0.4) is 0 Å². The first-order chi connectivity index (χ1) is 11.5. The van der Waals surface area contributed by atoms with Gasteiger partial charge < -0.3 is 14.8 Å². The van der Waals surface area contributed by atoms with Crippen molar-refractivity contribution in [3.63, 3.8) is 0 Å². The molecule has 1 heterocycles. The molecule has 2 rings (SSSR count). The third kappa shape index (κ3) is 5.04. The fourth-order valence-electron chi connectivity index (χ4n) is 2.09. The van der Waals surface area contributed by atoms with Crippen molar-refractivity contribution in [2.24, 2.45) is 0 Å². The molecule has 0 saturated carbocycles. The summed E-state index contributed by atoms with van der Waals surface area (Å²) in [6, 6.07) is 7.00. The highest BCUT2D eigenvalue weighted by atomic mass is 32.1. The van der Waals surface area contributed by atoms with Gasteiger partial charge in [0.15, 0.2) is 0 Å². The second kappa shape index (κ2) is 8.80.